The van der Waals surface area contributed by atoms with E-state index in [1.54, 1.807) is 10.4 Å². The number of hydrogen-bond acceptors (Lipinski definition) is 2. The van der Waals surface area contributed by atoms with Gasteiger partial charge in [0.2, 0.25) is 10.0 Å². The summed E-state index contributed by atoms with van der Waals surface area (Å²) in [7, 11) is -3.30. The van der Waals surface area contributed by atoms with Gasteiger partial charge in [-0.15, -0.1) is 0 Å². The fraction of sp³-hybridized carbons (Fsp3) is 0.625. The van der Waals surface area contributed by atoms with Gasteiger partial charge < -0.3 is 0 Å². The monoisotopic (exact) mass is 293 g/mol. The molecule has 1 fully saturated rings. The van der Waals surface area contributed by atoms with Crippen LogP contribution in [-0.2, 0) is 22.9 Å². The maximum Gasteiger partial charge on any atom is 0.243 e. The third kappa shape index (κ3) is 2.51. The van der Waals surface area contributed by atoms with E-state index in [9.17, 15) is 8.42 Å². The summed E-state index contributed by atoms with van der Waals surface area (Å²) in [6, 6.07) is 5.69. The molecule has 1 heterocycles. The molecule has 2 aliphatic rings. The van der Waals surface area contributed by atoms with Crippen molar-refractivity contribution in [2.75, 3.05) is 13.1 Å². The first-order chi connectivity index (χ1) is 9.38. The second kappa shape index (κ2) is 4.85. The Bertz CT molecular complexity index is 609. The van der Waals surface area contributed by atoms with Crippen LogP contribution >= 0.6 is 0 Å². The van der Waals surface area contributed by atoms with E-state index < -0.39 is 10.0 Å². The van der Waals surface area contributed by atoms with Crippen molar-refractivity contribution >= 4 is 10.0 Å². The first kappa shape index (κ1) is 14.1. The molecule has 1 aliphatic carbocycles. The first-order valence-electron chi connectivity index (χ1n) is 7.50. The third-order valence-electron chi connectivity index (χ3n) is 4.78. The summed E-state index contributed by atoms with van der Waals surface area (Å²) in [6.07, 6.45) is 5.14. The van der Waals surface area contributed by atoms with Gasteiger partial charge in [-0.25, -0.2) is 8.42 Å². The molecule has 0 aromatic heterocycles. The number of piperidine rings is 1. The van der Waals surface area contributed by atoms with Gasteiger partial charge in [-0.2, -0.15) is 4.31 Å². The van der Waals surface area contributed by atoms with Crippen LogP contribution in [0.3, 0.4) is 0 Å². The van der Waals surface area contributed by atoms with Crippen LogP contribution in [0.15, 0.2) is 23.1 Å². The van der Waals surface area contributed by atoms with Crippen LogP contribution in [-0.4, -0.2) is 25.8 Å². The summed E-state index contributed by atoms with van der Waals surface area (Å²) in [4.78, 5) is 0.484. The zero-order chi connectivity index (χ0) is 14.4. The number of sulfonamides is 1. The Labute approximate surface area is 122 Å². The van der Waals surface area contributed by atoms with Crippen molar-refractivity contribution in [3.05, 3.63) is 29.3 Å². The van der Waals surface area contributed by atoms with Crippen molar-refractivity contribution in [2.45, 2.75) is 50.8 Å². The van der Waals surface area contributed by atoms with Crippen LogP contribution in [0, 0.1) is 5.41 Å². The van der Waals surface area contributed by atoms with E-state index in [4.69, 9.17) is 0 Å². The fourth-order valence-corrected chi connectivity index (χ4v) is 4.68. The summed E-state index contributed by atoms with van der Waals surface area (Å²) in [6.45, 7) is 5.72. The lowest BCUT2D eigenvalue weighted by molar-refractivity contribution is 0.196. The number of rotatable bonds is 2. The van der Waals surface area contributed by atoms with E-state index >= 15 is 0 Å². The van der Waals surface area contributed by atoms with Crippen LogP contribution in [0.25, 0.3) is 0 Å². The Hall–Kier alpha value is -0.870. The Morgan fingerprint density at radius 2 is 1.70 bits per heavy atom. The average molecular weight is 293 g/mol. The lowest BCUT2D eigenvalue weighted by atomic mass is 9.83. The maximum atomic E-state index is 12.7. The predicted octanol–water partition coefficient (Wildman–Crippen LogP) is 2.99. The number of fused-ring (bicyclic) bond motifs is 1. The van der Waals surface area contributed by atoms with Crippen molar-refractivity contribution in [2.24, 2.45) is 5.41 Å². The van der Waals surface area contributed by atoms with Crippen molar-refractivity contribution < 1.29 is 8.42 Å². The van der Waals surface area contributed by atoms with Gasteiger partial charge in [-0.05, 0) is 60.8 Å². The van der Waals surface area contributed by atoms with Crippen LogP contribution in [0.5, 0.6) is 0 Å². The normalized spacial score (nSPS) is 22.7. The van der Waals surface area contributed by atoms with Crippen LogP contribution in [0.2, 0.25) is 0 Å². The van der Waals surface area contributed by atoms with Gasteiger partial charge in [0.05, 0.1) is 4.90 Å². The minimum atomic E-state index is -3.30. The molecule has 1 aromatic rings. The summed E-state index contributed by atoms with van der Waals surface area (Å²) >= 11 is 0. The largest absolute Gasteiger partial charge is 0.243 e. The summed E-state index contributed by atoms with van der Waals surface area (Å²) in [5, 5.41) is 0. The molecule has 1 saturated heterocycles. The van der Waals surface area contributed by atoms with Gasteiger partial charge in [-0.3, -0.25) is 0 Å². The highest BCUT2D eigenvalue weighted by Gasteiger charge is 2.33. The third-order valence-corrected chi connectivity index (χ3v) is 6.68. The number of hydrogen-bond donors (Lipinski definition) is 0. The van der Waals surface area contributed by atoms with Gasteiger partial charge in [0.1, 0.15) is 0 Å². The second-order valence-electron chi connectivity index (χ2n) is 6.85. The Balaban J connectivity index is 1.85. The number of nitrogens with zero attached hydrogens (tertiary/aromatic N) is 1. The van der Waals surface area contributed by atoms with Gasteiger partial charge in [0, 0.05) is 13.1 Å². The topological polar surface area (TPSA) is 37.4 Å². The van der Waals surface area contributed by atoms with E-state index in [2.05, 4.69) is 13.8 Å². The fourth-order valence-electron chi connectivity index (χ4n) is 3.19. The van der Waals surface area contributed by atoms with Gasteiger partial charge in [0.25, 0.3) is 0 Å². The highest BCUT2D eigenvalue weighted by atomic mass is 32.2. The second-order valence-corrected chi connectivity index (χ2v) is 8.79. The summed E-state index contributed by atoms with van der Waals surface area (Å²) < 4.78 is 27.1. The van der Waals surface area contributed by atoms with Crippen LogP contribution in [0.4, 0.5) is 0 Å². The molecule has 110 valence electrons. The number of aryl methyl sites for hydroxylation is 2. The molecule has 0 atom stereocenters. The minimum Gasteiger partial charge on any atom is -0.207 e. The Kier molecular flexibility index (Phi) is 3.41. The summed E-state index contributed by atoms with van der Waals surface area (Å²) in [5.41, 5.74) is 2.82. The predicted molar refractivity (Wildman–Crippen MR) is 80.2 cm³/mol. The molecule has 0 bridgehead atoms. The smallest absolute Gasteiger partial charge is 0.207 e. The lowest BCUT2D eigenvalue weighted by Crippen LogP contribution is -2.41. The molecular weight excluding hydrogens is 270 g/mol. The highest BCUT2D eigenvalue weighted by molar-refractivity contribution is 7.89. The highest BCUT2D eigenvalue weighted by Crippen LogP contribution is 2.33. The lowest BCUT2D eigenvalue weighted by Gasteiger charge is -2.36. The molecule has 3 nitrogen and oxygen atoms in total. The van der Waals surface area contributed by atoms with E-state index in [1.165, 1.54) is 11.1 Å². The number of benzene rings is 1. The van der Waals surface area contributed by atoms with E-state index in [0.29, 0.717) is 18.0 Å². The van der Waals surface area contributed by atoms with E-state index in [1.807, 2.05) is 12.1 Å². The van der Waals surface area contributed by atoms with E-state index in [0.717, 1.165) is 32.1 Å². The quantitative estimate of drug-likeness (QED) is 0.840. The summed E-state index contributed by atoms with van der Waals surface area (Å²) in [5.74, 6) is 0. The maximum absolute atomic E-state index is 12.7. The standard InChI is InChI=1S/C16H23NO2S/c1-16(2)8-10-17(11-9-16)20(18,19)15-7-6-13-4-3-5-14(13)12-15/h6-7,12H,3-5,8-11H2,1-2H3. The van der Waals surface area contributed by atoms with Crippen molar-refractivity contribution in [3.63, 3.8) is 0 Å². The van der Waals surface area contributed by atoms with Crippen molar-refractivity contribution in [3.8, 4) is 0 Å². The van der Waals surface area contributed by atoms with Gasteiger partial charge in [-0.1, -0.05) is 19.9 Å². The molecule has 0 spiro atoms. The van der Waals surface area contributed by atoms with Crippen molar-refractivity contribution in [1.82, 2.24) is 4.31 Å². The molecule has 1 aliphatic heterocycles. The molecule has 0 N–H and O–H groups in total. The molecule has 0 saturated carbocycles. The molecule has 0 amide bonds. The minimum absolute atomic E-state index is 0.268. The molecule has 4 heteroatoms. The molecule has 1 aromatic carbocycles. The first-order valence-corrected chi connectivity index (χ1v) is 8.94. The molecular formula is C16H23NO2S. The molecule has 0 radical (unpaired) electrons. The SMILES string of the molecule is CC1(C)CCN(S(=O)(=O)c2ccc3c(c2)CCC3)CC1. The zero-order valence-corrected chi connectivity index (χ0v) is 13.2. The Morgan fingerprint density at radius 1 is 1.05 bits per heavy atom. The van der Waals surface area contributed by atoms with Gasteiger partial charge >= 0.3 is 0 Å². The zero-order valence-electron chi connectivity index (χ0n) is 12.4. The molecule has 3 rings (SSSR count). The van der Waals surface area contributed by atoms with Crippen molar-refractivity contribution in [1.29, 1.82) is 0 Å². The van der Waals surface area contributed by atoms with E-state index in [-0.39, 0.29) is 5.41 Å². The van der Waals surface area contributed by atoms with Crippen LogP contribution < -0.4 is 0 Å². The van der Waals surface area contributed by atoms with Gasteiger partial charge in [0.15, 0.2) is 0 Å². The Morgan fingerprint density at radius 3 is 2.40 bits per heavy atom. The average Bonchev–Trinajstić information content (AvgIpc) is 2.85. The molecule has 20 heavy (non-hydrogen) atoms. The van der Waals surface area contributed by atoms with Crippen LogP contribution in [0.1, 0.15) is 44.2 Å². The molecule has 0 unspecified atom stereocenters.